The summed E-state index contributed by atoms with van der Waals surface area (Å²) in [4.78, 5) is 24.3. The summed E-state index contributed by atoms with van der Waals surface area (Å²) < 4.78 is 62.1. The van der Waals surface area contributed by atoms with Crippen molar-refractivity contribution in [3.05, 3.63) is 58.9 Å². The van der Waals surface area contributed by atoms with Crippen LogP contribution in [0.2, 0.25) is 0 Å². The summed E-state index contributed by atoms with van der Waals surface area (Å²) in [7, 11) is 0. The SMILES string of the molecule is C[C@]1(c2cc(CC(=O)c3cnc(CF)cn3)ccc2F)N=C(N)O[C@@H]2CCC(F)(F)[C@@H]21. The van der Waals surface area contributed by atoms with E-state index in [0.29, 0.717) is 5.56 Å². The molecule has 1 aliphatic heterocycles. The number of rotatable bonds is 5. The fraction of sp³-hybridized carbons (Fsp3) is 0.429. The molecule has 1 saturated carbocycles. The third-order valence-electron chi connectivity index (χ3n) is 5.88. The van der Waals surface area contributed by atoms with E-state index in [2.05, 4.69) is 15.0 Å². The van der Waals surface area contributed by atoms with Crippen molar-refractivity contribution in [3.8, 4) is 0 Å². The highest BCUT2D eigenvalue weighted by molar-refractivity contribution is 5.95. The number of carbonyl (C=O) groups is 1. The number of Topliss-reactive ketones (excluding diaryl/α,β-unsaturated/α-hetero) is 1. The number of aromatic nitrogens is 2. The van der Waals surface area contributed by atoms with Gasteiger partial charge in [-0.2, -0.15) is 0 Å². The Labute approximate surface area is 175 Å². The summed E-state index contributed by atoms with van der Waals surface area (Å²) in [6.45, 7) is 0.603. The molecule has 2 aromatic rings. The second-order valence-electron chi connectivity index (χ2n) is 7.97. The van der Waals surface area contributed by atoms with Crippen molar-refractivity contribution in [2.24, 2.45) is 16.6 Å². The average Bonchev–Trinajstić information content (AvgIpc) is 3.04. The number of aliphatic imine (C=N–C) groups is 1. The van der Waals surface area contributed by atoms with Crippen molar-refractivity contribution in [1.29, 1.82) is 0 Å². The van der Waals surface area contributed by atoms with E-state index in [9.17, 15) is 22.4 Å². The molecule has 10 heteroatoms. The molecule has 1 fully saturated rings. The summed E-state index contributed by atoms with van der Waals surface area (Å²) in [5.74, 6) is -5.67. The lowest BCUT2D eigenvalue weighted by Gasteiger charge is -2.41. The summed E-state index contributed by atoms with van der Waals surface area (Å²) in [6.07, 6.45) is 0.937. The molecule has 3 atom stereocenters. The molecule has 4 rings (SSSR count). The number of hydrogen-bond acceptors (Lipinski definition) is 6. The van der Waals surface area contributed by atoms with Crippen molar-refractivity contribution >= 4 is 11.8 Å². The van der Waals surface area contributed by atoms with Crippen LogP contribution in [0.4, 0.5) is 17.6 Å². The maximum atomic E-state index is 14.8. The van der Waals surface area contributed by atoms with Crippen molar-refractivity contribution in [2.45, 2.75) is 50.4 Å². The molecule has 164 valence electrons. The normalized spacial score (nSPS) is 26.7. The molecule has 0 bridgehead atoms. The zero-order valence-electron chi connectivity index (χ0n) is 16.6. The van der Waals surface area contributed by atoms with Crippen molar-refractivity contribution in [2.75, 3.05) is 0 Å². The molecular formula is C21H20F4N4O2. The van der Waals surface area contributed by atoms with Gasteiger partial charge in [0.2, 0.25) is 0 Å². The molecule has 1 aromatic carbocycles. The van der Waals surface area contributed by atoms with Crippen LogP contribution in [0, 0.1) is 11.7 Å². The highest BCUT2D eigenvalue weighted by atomic mass is 19.3. The van der Waals surface area contributed by atoms with E-state index in [1.54, 1.807) is 0 Å². The van der Waals surface area contributed by atoms with Gasteiger partial charge < -0.3 is 10.5 Å². The van der Waals surface area contributed by atoms with E-state index in [-0.39, 0.29) is 35.8 Å². The molecule has 0 radical (unpaired) electrons. The predicted octanol–water partition coefficient (Wildman–Crippen LogP) is 3.48. The Bertz CT molecular complexity index is 1040. The Morgan fingerprint density at radius 3 is 2.74 bits per heavy atom. The Morgan fingerprint density at radius 2 is 2.06 bits per heavy atom. The summed E-state index contributed by atoms with van der Waals surface area (Å²) in [5, 5.41) is 0. The first-order valence-corrected chi connectivity index (χ1v) is 9.73. The summed E-state index contributed by atoms with van der Waals surface area (Å²) in [5.41, 5.74) is 4.47. The van der Waals surface area contributed by atoms with Gasteiger partial charge in [0.05, 0.1) is 24.0 Å². The largest absolute Gasteiger partial charge is 0.461 e. The van der Waals surface area contributed by atoms with Crippen LogP contribution in [0.25, 0.3) is 0 Å². The van der Waals surface area contributed by atoms with Gasteiger partial charge in [0.15, 0.2) is 5.78 Å². The third kappa shape index (κ3) is 3.75. The maximum absolute atomic E-state index is 14.8. The summed E-state index contributed by atoms with van der Waals surface area (Å²) >= 11 is 0. The number of hydrogen-bond donors (Lipinski definition) is 1. The predicted molar refractivity (Wildman–Crippen MR) is 103 cm³/mol. The van der Waals surface area contributed by atoms with Crippen molar-refractivity contribution in [1.82, 2.24) is 9.97 Å². The number of ketones is 1. The maximum Gasteiger partial charge on any atom is 0.283 e. The Morgan fingerprint density at radius 1 is 1.29 bits per heavy atom. The number of alkyl halides is 3. The first-order valence-electron chi connectivity index (χ1n) is 9.73. The first-order chi connectivity index (χ1) is 14.6. The van der Waals surface area contributed by atoms with Crippen LogP contribution in [-0.2, 0) is 23.4 Å². The van der Waals surface area contributed by atoms with Crippen LogP contribution in [0.5, 0.6) is 0 Å². The topological polar surface area (TPSA) is 90.5 Å². The Hall–Kier alpha value is -3.04. The molecule has 1 aliphatic carbocycles. The van der Waals surface area contributed by atoms with Crippen LogP contribution in [0.15, 0.2) is 35.6 Å². The highest BCUT2D eigenvalue weighted by Gasteiger charge is 2.62. The molecule has 0 amide bonds. The second-order valence-corrected chi connectivity index (χ2v) is 7.97. The molecule has 0 spiro atoms. The fourth-order valence-electron chi connectivity index (χ4n) is 4.45. The van der Waals surface area contributed by atoms with Crippen LogP contribution >= 0.6 is 0 Å². The second kappa shape index (κ2) is 7.58. The van der Waals surface area contributed by atoms with Gasteiger partial charge in [0.1, 0.15) is 29.8 Å². The summed E-state index contributed by atoms with van der Waals surface area (Å²) in [6, 6.07) is 3.58. The minimum atomic E-state index is -3.12. The molecule has 0 unspecified atom stereocenters. The molecule has 31 heavy (non-hydrogen) atoms. The number of nitrogens with two attached hydrogens (primary N) is 1. The van der Waals surface area contributed by atoms with Gasteiger partial charge >= 0.3 is 0 Å². The number of carbonyl (C=O) groups excluding carboxylic acids is 1. The number of amidine groups is 1. The lowest BCUT2D eigenvalue weighted by molar-refractivity contribution is -0.0961. The Kier molecular flexibility index (Phi) is 5.18. The van der Waals surface area contributed by atoms with Crippen molar-refractivity contribution < 1.29 is 27.1 Å². The molecule has 2 heterocycles. The molecule has 2 aliphatic rings. The van der Waals surface area contributed by atoms with Crippen LogP contribution in [0.1, 0.15) is 47.1 Å². The number of ether oxygens (including phenoxy) is 1. The highest BCUT2D eigenvalue weighted by Crippen LogP contribution is 2.54. The van der Waals surface area contributed by atoms with Crippen LogP contribution < -0.4 is 5.73 Å². The van der Waals surface area contributed by atoms with E-state index in [4.69, 9.17) is 10.5 Å². The van der Waals surface area contributed by atoms with E-state index < -0.39 is 48.2 Å². The van der Waals surface area contributed by atoms with E-state index in [0.717, 1.165) is 18.5 Å². The van der Waals surface area contributed by atoms with Gasteiger partial charge in [0, 0.05) is 18.4 Å². The van der Waals surface area contributed by atoms with Crippen LogP contribution in [-0.4, -0.2) is 33.8 Å². The quantitative estimate of drug-likeness (QED) is 0.573. The smallest absolute Gasteiger partial charge is 0.283 e. The van der Waals surface area contributed by atoms with E-state index in [1.165, 1.54) is 19.1 Å². The minimum absolute atomic E-state index is 0.0185. The van der Waals surface area contributed by atoms with Gasteiger partial charge in [-0.05, 0) is 31.0 Å². The average molecular weight is 436 g/mol. The zero-order chi connectivity index (χ0) is 22.4. The minimum Gasteiger partial charge on any atom is -0.461 e. The van der Waals surface area contributed by atoms with E-state index in [1.807, 2.05) is 0 Å². The number of nitrogens with zero attached hydrogens (tertiary/aromatic N) is 3. The lowest BCUT2D eigenvalue weighted by atomic mass is 9.75. The number of fused-ring (bicyclic) bond motifs is 1. The van der Waals surface area contributed by atoms with Gasteiger partial charge in [-0.25, -0.2) is 27.5 Å². The fourth-order valence-corrected chi connectivity index (χ4v) is 4.45. The van der Waals surface area contributed by atoms with Gasteiger partial charge in [-0.3, -0.25) is 9.78 Å². The molecule has 0 saturated heterocycles. The standard InChI is InChI=1S/C21H20F4N4O2/c1-20(18-17(31-19(26)29-20)4-5-21(18,24)25)13-6-11(2-3-14(13)23)7-16(30)15-10-27-12(8-22)9-28-15/h2-3,6,9-10,17-18H,4-5,7-8H2,1H3,(H2,26,29)/t17-,18+,20-/m1/s1. The molecule has 2 N–H and O–H groups in total. The van der Waals surface area contributed by atoms with E-state index >= 15 is 0 Å². The monoisotopic (exact) mass is 436 g/mol. The van der Waals surface area contributed by atoms with Crippen LogP contribution in [0.3, 0.4) is 0 Å². The van der Waals surface area contributed by atoms with Gasteiger partial charge in [-0.15, -0.1) is 0 Å². The first kappa shape index (κ1) is 21.2. The zero-order valence-corrected chi connectivity index (χ0v) is 16.6. The third-order valence-corrected chi connectivity index (χ3v) is 5.88. The lowest BCUT2D eigenvalue weighted by Crippen LogP contribution is -2.51. The van der Waals surface area contributed by atoms with Gasteiger partial charge in [0.25, 0.3) is 11.9 Å². The molecular weight excluding hydrogens is 416 g/mol. The molecule has 6 nitrogen and oxygen atoms in total. The Balaban J connectivity index is 1.68. The number of halogens is 4. The van der Waals surface area contributed by atoms with Gasteiger partial charge in [-0.1, -0.05) is 6.07 Å². The molecule has 1 aromatic heterocycles. The number of benzene rings is 1. The van der Waals surface area contributed by atoms with Crippen molar-refractivity contribution in [3.63, 3.8) is 0 Å².